The van der Waals surface area contributed by atoms with Gasteiger partial charge in [-0.3, -0.25) is 4.90 Å². The topological polar surface area (TPSA) is 50.5 Å². The predicted molar refractivity (Wildman–Crippen MR) is 70.0 cm³/mol. The quantitative estimate of drug-likeness (QED) is 0.823. The van der Waals surface area contributed by atoms with E-state index in [1.165, 1.54) is 6.07 Å². The maximum atomic E-state index is 13.7. The molecule has 0 amide bonds. The Balaban J connectivity index is 1.79. The summed E-state index contributed by atoms with van der Waals surface area (Å²) in [6, 6.07) is 5.08. The first-order valence-corrected chi connectivity index (χ1v) is 6.32. The van der Waals surface area contributed by atoms with Crippen molar-refractivity contribution in [2.45, 2.75) is 6.54 Å². The Morgan fingerprint density at radius 1 is 1.33 bits per heavy atom. The van der Waals surface area contributed by atoms with Crippen LogP contribution in [-0.2, 0) is 11.3 Å². The number of hydrogen-bond acceptors (Lipinski definition) is 4. The van der Waals surface area contributed by atoms with Crippen molar-refractivity contribution in [3.8, 4) is 0 Å². The van der Waals surface area contributed by atoms with Crippen molar-refractivity contribution in [3.63, 3.8) is 0 Å². The monoisotopic (exact) mass is 253 g/mol. The maximum absolute atomic E-state index is 13.7. The standard InChI is InChI=1S/C13H20FN3O/c14-12-9-11(10-15)1-2-13(12)16-3-4-17-5-7-18-8-6-17/h1-2,9,16H,3-8,10,15H2. The molecule has 1 aromatic carbocycles. The first-order valence-electron chi connectivity index (χ1n) is 6.32. The van der Waals surface area contributed by atoms with Gasteiger partial charge in [-0.1, -0.05) is 6.07 Å². The maximum Gasteiger partial charge on any atom is 0.146 e. The van der Waals surface area contributed by atoms with Crippen molar-refractivity contribution in [3.05, 3.63) is 29.6 Å². The summed E-state index contributed by atoms with van der Waals surface area (Å²) >= 11 is 0. The molecule has 4 nitrogen and oxygen atoms in total. The smallest absolute Gasteiger partial charge is 0.146 e. The van der Waals surface area contributed by atoms with Crippen LogP contribution in [0.15, 0.2) is 18.2 Å². The molecule has 1 aliphatic rings. The highest BCUT2D eigenvalue weighted by Crippen LogP contribution is 2.15. The van der Waals surface area contributed by atoms with E-state index in [1.54, 1.807) is 6.07 Å². The van der Waals surface area contributed by atoms with Crippen LogP contribution in [0.5, 0.6) is 0 Å². The Hall–Kier alpha value is -1.17. The zero-order chi connectivity index (χ0) is 12.8. The summed E-state index contributed by atoms with van der Waals surface area (Å²) in [5.41, 5.74) is 6.81. The molecule has 1 aliphatic heterocycles. The van der Waals surface area contributed by atoms with Crippen LogP contribution in [0, 0.1) is 5.82 Å². The largest absolute Gasteiger partial charge is 0.381 e. The highest BCUT2D eigenvalue weighted by Gasteiger charge is 2.09. The number of morpholine rings is 1. The molecular weight excluding hydrogens is 233 g/mol. The van der Waals surface area contributed by atoms with E-state index in [9.17, 15) is 4.39 Å². The number of nitrogens with one attached hydrogen (secondary N) is 1. The zero-order valence-electron chi connectivity index (χ0n) is 10.5. The zero-order valence-corrected chi connectivity index (χ0v) is 10.5. The molecule has 0 atom stereocenters. The van der Waals surface area contributed by atoms with Crippen molar-refractivity contribution >= 4 is 5.69 Å². The van der Waals surface area contributed by atoms with Gasteiger partial charge in [0.25, 0.3) is 0 Å². The number of anilines is 1. The van der Waals surface area contributed by atoms with Gasteiger partial charge >= 0.3 is 0 Å². The van der Waals surface area contributed by atoms with Gasteiger partial charge in [0, 0.05) is 32.7 Å². The van der Waals surface area contributed by atoms with Gasteiger partial charge in [-0.05, 0) is 17.7 Å². The molecular formula is C13H20FN3O. The van der Waals surface area contributed by atoms with Crippen LogP contribution in [0.1, 0.15) is 5.56 Å². The second-order valence-corrected chi connectivity index (χ2v) is 4.40. The lowest BCUT2D eigenvalue weighted by molar-refractivity contribution is 0.0398. The third-order valence-corrected chi connectivity index (χ3v) is 3.12. The van der Waals surface area contributed by atoms with Crippen LogP contribution in [0.4, 0.5) is 10.1 Å². The number of ether oxygens (including phenoxy) is 1. The Kier molecular flexibility index (Phi) is 4.92. The molecule has 5 heteroatoms. The van der Waals surface area contributed by atoms with E-state index in [0.717, 1.165) is 45.0 Å². The number of rotatable bonds is 5. The molecule has 1 aromatic rings. The summed E-state index contributed by atoms with van der Waals surface area (Å²) in [5, 5.41) is 3.11. The van der Waals surface area contributed by atoms with Crippen LogP contribution < -0.4 is 11.1 Å². The summed E-state index contributed by atoms with van der Waals surface area (Å²) in [6.45, 7) is 5.50. The minimum atomic E-state index is -0.236. The van der Waals surface area contributed by atoms with Crippen molar-refractivity contribution in [2.75, 3.05) is 44.7 Å². The average Bonchev–Trinajstić information content (AvgIpc) is 2.42. The van der Waals surface area contributed by atoms with Gasteiger partial charge < -0.3 is 15.8 Å². The number of benzene rings is 1. The lowest BCUT2D eigenvalue weighted by atomic mass is 10.2. The Morgan fingerprint density at radius 3 is 2.78 bits per heavy atom. The van der Waals surface area contributed by atoms with E-state index in [4.69, 9.17) is 10.5 Å². The molecule has 0 aromatic heterocycles. The van der Waals surface area contributed by atoms with Crippen LogP contribution in [-0.4, -0.2) is 44.3 Å². The van der Waals surface area contributed by atoms with Gasteiger partial charge in [0.2, 0.25) is 0 Å². The summed E-state index contributed by atoms with van der Waals surface area (Å²) in [4.78, 5) is 2.31. The van der Waals surface area contributed by atoms with Gasteiger partial charge in [-0.2, -0.15) is 0 Å². The molecule has 1 saturated heterocycles. The third kappa shape index (κ3) is 3.66. The molecule has 1 heterocycles. The molecule has 0 radical (unpaired) electrons. The Bertz CT molecular complexity index is 380. The lowest BCUT2D eigenvalue weighted by Gasteiger charge is -2.26. The van der Waals surface area contributed by atoms with E-state index in [1.807, 2.05) is 6.07 Å². The second kappa shape index (κ2) is 6.68. The van der Waals surface area contributed by atoms with Crippen molar-refractivity contribution in [1.29, 1.82) is 0 Å². The number of hydrogen-bond donors (Lipinski definition) is 2. The fourth-order valence-corrected chi connectivity index (χ4v) is 2.00. The molecule has 18 heavy (non-hydrogen) atoms. The SMILES string of the molecule is NCc1ccc(NCCN2CCOCC2)c(F)c1. The van der Waals surface area contributed by atoms with E-state index < -0.39 is 0 Å². The van der Waals surface area contributed by atoms with Crippen molar-refractivity contribution in [2.24, 2.45) is 5.73 Å². The van der Waals surface area contributed by atoms with E-state index in [-0.39, 0.29) is 5.82 Å². The van der Waals surface area contributed by atoms with E-state index in [2.05, 4.69) is 10.2 Å². The highest BCUT2D eigenvalue weighted by molar-refractivity contribution is 5.46. The number of halogens is 1. The van der Waals surface area contributed by atoms with Crippen LogP contribution in [0.3, 0.4) is 0 Å². The van der Waals surface area contributed by atoms with Gasteiger partial charge in [-0.15, -0.1) is 0 Å². The minimum Gasteiger partial charge on any atom is -0.381 e. The Labute approximate surface area is 107 Å². The molecule has 0 bridgehead atoms. The fourth-order valence-electron chi connectivity index (χ4n) is 2.00. The number of nitrogens with two attached hydrogens (primary N) is 1. The molecule has 100 valence electrons. The van der Waals surface area contributed by atoms with Crippen molar-refractivity contribution in [1.82, 2.24) is 4.90 Å². The van der Waals surface area contributed by atoms with Gasteiger partial charge in [0.1, 0.15) is 5.82 Å². The molecule has 0 saturated carbocycles. The first-order chi connectivity index (χ1) is 8.79. The third-order valence-electron chi connectivity index (χ3n) is 3.12. The first kappa shape index (κ1) is 13.3. The van der Waals surface area contributed by atoms with Crippen LogP contribution >= 0.6 is 0 Å². The minimum absolute atomic E-state index is 0.236. The predicted octanol–water partition coefficient (Wildman–Crippen LogP) is 1.03. The van der Waals surface area contributed by atoms with E-state index in [0.29, 0.717) is 12.2 Å². The average molecular weight is 253 g/mol. The summed E-state index contributed by atoms with van der Waals surface area (Å²) in [7, 11) is 0. The highest BCUT2D eigenvalue weighted by atomic mass is 19.1. The summed E-state index contributed by atoms with van der Waals surface area (Å²) in [6.07, 6.45) is 0. The molecule has 0 unspecified atom stereocenters. The normalized spacial score (nSPS) is 16.8. The summed E-state index contributed by atoms with van der Waals surface area (Å²) < 4.78 is 18.9. The van der Waals surface area contributed by atoms with Gasteiger partial charge in [0.05, 0.1) is 18.9 Å². The lowest BCUT2D eigenvalue weighted by Crippen LogP contribution is -2.39. The fraction of sp³-hybridized carbons (Fsp3) is 0.538. The molecule has 1 fully saturated rings. The van der Waals surface area contributed by atoms with Gasteiger partial charge in [-0.25, -0.2) is 4.39 Å². The summed E-state index contributed by atoms with van der Waals surface area (Å²) in [5.74, 6) is -0.236. The molecule has 0 spiro atoms. The molecule has 3 N–H and O–H groups in total. The van der Waals surface area contributed by atoms with Crippen LogP contribution in [0.25, 0.3) is 0 Å². The van der Waals surface area contributed by atoms with Gasteiger partial charge in [0.15, 0.2) is 0 Å². The molecule has 2 rings (SSSR count). The van der Waals surface area contributed by atoms with Crippen LogP contribution in [0.2, 0.25) is 0 Å². The molecule has 0 aliphatic carbocycles. The second-order valence-electron chi connectivity index (χ2n) is 4.40. The Morgan fingerprint density at radius 2 is 2.11 bits per heavy atom. The van der Waals surface area contributed by atoms with E-state index >= 15 is 0 Å². The van der Waals surface area contributed by atoms with Crippen molar-refractivity contribution < 1.29 is 9.13 Å². The number of nitrogens with zero attached hydrogens (tertiary/aromatic N) is 1.